The van der Waals surface area contributed by atoms with Gasteiger partial charge in [0.15, 0.2) is 0 Å². The normalized spacial score (nSPS) is 10.4. The van der Waals surface area contributed by atoms with E-state index in [4.69, 9.17) is 4.74 Å². The number of hydrogen-bond donors (Lipinski definition) is 2. The van der Waals surface area contributed by atoms with Gasteiger partial charge in [0.2, 0.25) is 5.91 Å². The molecule has 0 spiro atoms. The van der Waals surface area contributed by atoms with Crippen LogP contribution in [0.4, 0.5) is 4.79 Å². The Labute approximate surface area is 166 Å². The second kappa shape index (κ2) is 11.6. The lowest BCUT2D eigenvalue weighted by Crippen LogP contribution is -2.40. The Kier molecular flexibility index (Phi) is 8.75. The van der Waals surface area contributed by atoms with E-state index in [0.717, 1.165) is 16.9 Å². The van der Waals surface area contributed by atoms with Gasteiger partial charge in [-0.15, -0.1) is 6.58 Å². The van der Waals surface area contributed by atoms with Crippen LogP contribution in [0, 0.1) is 0 Å². The summed E-state index contributed by atoms with van der Waals surface area (Å²) in [5.74, 6) is 0.495. The number of urea groups is 1. The third kappa shape index (κ3) is 7.63. The van der Waals surface area contributed by atoms with Crippen molar-refractivity contribution in [3.63, 3.8) is 0 Å². The zero-order valence-corrected chi connectivity index (χ0v) is 16.2. The van der Waals surface area contributed by atoms with E-state index < -0.39 is 6.03 Å². The number of rotatable bonds is 10. The largest absolute Gasteiger partial charge is 0.497 e. The van der Waals surface area contributed by atoms with Gasteiger partial charge in [-0.2, -0.15) is 0 Å². The molecule has 2 N–H and O–H groups in total. The fourth-order valence-corrected chi connectivity index (χ4v) is 2.68. The van der Waals surface area contributed by atoms with Gasteiger partial charge < -0.3 is 10.1 Å². The van der Waals surface area contributed by atoms with Gasteiger partial charge >= 0.3 is 6.03 Å². The minimum absolute atomic E-state index is 0.225. The van der Waals surface area contributed by atoms with Crippen LogP contribution in [0.2, 0.25) is 0 Å². The molecule has 0 saturated carbocycles. The van der Waals surface area contributed by atoms with Gasteiger partial charge in [-0.05, 0) is 23.3 Å². The molecular weight excluding hydrogens is 354 g/mol. The number of carbonyl (C=O) groups is 2. The number of hydrogen-bond acceptors (Lipinski definition) is 4. The molecule has 0 aromatic heterocycles. The molecule has 28 heavy (non-hydrogen) atoms. The summed E-state index contributed by atoms with van der Waals surface area (Å²) in [5, 5.41) is 5.05. The van der Waals surface area contributed by atoms with E-state index in [1.54, 1.807) is 13.2 Å². The molecule has 0 bridgehead atoms. The molecule has 0 aliphatic rings. The summed E-state index contributed by atoms with van der Waals surface area (Å²) in [7, 11) is 1.63. The summed E-state index contributed by atoms with van der Waals surface area (Å²) in [4.78, 5) is 26.0. The quantitative estimate of drug-likeness (QED) is 0.621. The highest BCUT2D eigenvalue weighted by molar-refractivity contribution is 5.94. The standard InChI is InChI=1S/C22H27N3O3/c1-3-14-25(17-19-9-11-20(28-2)12-10-19)15-13-21(26)24-22(27)23-16-18-7-5-4-6-8-18/h3-12H,1,13-17H2,2H3,(H2,23,24,26,27). The van der Waals surface area contributed by atoms with Crippen molar-refractivity contribution < 1.29 is 14.3 Å². The van der Waals surface area contributed by atoms with Crippen molar-refractivity contribution >= 4 is 11.9 Å². The molecule has 0 atom stereocenters. The molecule has 6 nitrogen and oxygen atoms in total. The molecule has 3 amide bonds. The maximum absolute atomic E-state index is 12.1. The first-order valence-corrected chi connectivity index (χ1v) is 9.18. The van der Waals surface area contributed by atoms with Crippen molar-refractivity contribution in [1.29, 1.82) is 0 Å². The summed E-state index contributed by atoms with van der Waals surface area (Å²) in [6.07, 6.45) is 2.02. The first-order valence-electron chi connectivity index (χ1n) is 9.18. The first-order chi connectivity index (χ1) is 13.6. The van der Waals surface area contributed by atoms with E-state index in [1.165, 1.54) is 0 Å². The smallest absolute Gasteiger partial charge is 0.321 e. The Morgan fingerprint density at radius 3 is 2.43 bits per heavy atom. The second-order valence-corrected chi connectivity index (χ2v) is 6.34. The minimum Gasteiger partial charge on any atom is -0.497 e. The predicted molar refractivity (Wildman–Crippen MR) is 110 cm³/mol. The fourth-order valence-electron chi connectivity index (χ4n) is 2.68. The van der Waals surface area contributed by atoms with Crippen molar-refractivity contribution in [2.75, 3.05) is 20.2 Å². The van der Waals surface area contributed by atoms with E-state index in [0.29, 0.717) is 26.2 Å². The molecule has 2 aromatic carbocycles. The van der Waals surface area contributed by atoms with Gasteiger partial charge in [-0.3, -0.25) is 15.0 Å². The summed E-state index contributed by atoms with van der Waals surface area (Å²) in [6, 6.07) is 16.8. The van der Waals surface area contributed by atoms with E-state index in [9.17, 15) is 9.59 Å². The molecule has 0 aliphatic heterocycles. The van der Waals surface area contributed by atoms with Gasteiger partial charge in [-0.25, -0.2) is 4.79 Å². The third-order valence-corrected chi connectivity index (χ3v) is 4.16. The molecule has 148 valence electrons. The first kappa shape index (κ1) is 21.2. The Hall–Kier alpha value is -3.12. The summed E-state index contributed by atoms with van der Waals surface area (Å²) in [6.45, 7) is 6.01. The van der Waals surface area contributed by atoms with Crippen molar-refractivity contribution in [1.82, 2.24) is 15.5 Å². The highest BCUT2D eigenvalue weighted by atomic mass is 16.5. The van der Waals surface area contributed by atoms with Crippen LogP contribution in [-0.2, 0) is 17.9 Å². The fraction of sp³-hybridized carbons (Fsp3) is 0.273. The van der Waals surface area contributed by atoms with Gasteiger partial charge in [-0.1, -0.05) is 48.5 Å². The van der Waals surface area contributed by atoms with Crippen molar-refractivity contribution in [3.8, 4) is 5.75 Å². The van der Waals surface area contributed by atoms with Crippen LogP contribution in [0.3, 0.4) is 0 Å². The van der Waals surface area contributed by atoms with Crippen molar-refractivity contribution in [3.05, 3.63) is 78.4 Å². The number of imide groups is 1. The Morgan fingerprint density at radius 1 is 1.07 bits per heavy atom. The van der Waals surface area contributed by atoms with Crippen LogP contribution in [0.5, 0.6) is 5.75 Å². The Bertz CT molecular complexity index is 760. The van der Waals surface area contributed by atoms with Crippen LogP contribution < -0.4 is 15.4 Å². The second-order valence-electron chi connectivity index (χ2n) is 6.34. The summed E-state index contributed by atoms with van der Waals surface area (Å²) in [5.41, 5.74) is 2.09. The van der Waals surface area contributed by atoms with Crippen LogP contribution in [0.1, 0.15) is 17.5 Å². The topological polar surface area (TPSA) is 70.7 Å². The maximum Gasteiger partial charge on any atom is 0.321 e. The zero-order valence-electron chi connectivity index (χ0n) is 16.2. The third-order valence-electron chi connectivity index (χ3n) is 4.16. The number of ether oxygens (including phenoxy) is 1. The van der Waals surface area contributed by atoms with Gasteiger partial charge in [0, 0.05) is 32.6 Å². The molecule has 2 rings (SSSR count). The number of amides is 3. The summed E-state index contributed by atoms with van der Waals surface area (Å²) < 4.78 is 5.17. The monoisotopic (exact) mass is 381 g/mol. The number of benzene rings is 2. The molecular formula is C22H27N3O3. The number of methoxy groups -OCH3 is 1. The molecule has 2 aromatic rings. The number of carbonyl (C=O) groups excluding carboxylic acids is 2. The van der Waals surface area contributed by atoms with Crippen LogP contribution in [-0.4, -0.2) is 37.0 Å². The van der Waals surface area contributed by atoms with E-state index >= 15 is 0 Å². The highest BCUT2D eigenvalue weighted by Crippen LogP contribution is 2.13. The SMILES string of the molecule is C=CCN(CCC(=O)NC(=O)NCc1ccccc1)Cc1ccc(OC)cc1. The average Bonchev–Trinajstić information content (AvgIpc) is 2.72. The Balaban J connectivity index is 1.75. The van der Waals surface area contributed by atoms with Gasteiger partial charge in [0.05, 0.1) is 7.11 Å². The lowest BCUT2D eigenvalue weighted by molar-refractivity contribution is -0.120. The number of nitrogens with one attached hydrogen (secondary N) is 2. The molecule has 0 aliphatic carbocycles. The lowest BCUT2D eigenvalue weighted by atomic mass is 10.2. The lowest BCUT2D eigenvalue weighted by Gasteiger charge is -2.20. The molecule has 0 heterocycles. The van der Waals surface area contributed by atoms with Crippen molar-refractivity contribution in [2.24, 2.45) is 0 Å². The summed E-state index contributed by atoms with van der Waals surface area (Å²) >= 11 is 0. The molecule has 0 fully saturated rings. The average molecular weight is 381 g/mol. The minimum atomic E-state index is -0.487. The highest BCUT2D eigenvalue weighted by Gasteiger charge is 2.11. The molecule has 0 radical (unpaired) electrons. The number of nitrogens with zero attached hydrogens (tertiary/aromatic N) is 1. The predicted octanol–water partition coefficient (Wildman–Crippen LogP) is 3.10. The van der Waals surface area contributed by atoms with Gasteiger partial charge in [0.25, 0.3) is 0 Å². The van der Waals surface area contributed by atoms with Crippen molar-refractivity contribution in [2.45, 2.75) is 19.5 Å². The van der Waals surface area contributed by atoms with E-state index in [1.807, 2.05) is 54.6 Å². The Morgan fingerprint density at radius 2 is 1.79 bits per heavy atom. The van der Waals surface area contributed by atoms with Crippen LogP contribution in [0.25, 0.3) is 0 Å². The molecule has 0 unspecified atom stereocenters. The zero-order chi connectivity index (χ0) is 20.2. The van der Waals surface area contributed by atoms with Crippen LogP contribution >= 0.6 is 0 Å². The van der Waals surface area contributed by atoms with E-state index in [2.05, 4.69) is 22.1 Å². The van der Waals surface area contributed by atoms with E-state index in [-0.39, 0.29) is 12.3 Å². The van der Waals surface area contributed by atoms with Gasteiger partial charge in [0.1, 0.15) is 5.75 Å². The van der Waals surface area contributed by atoms with Crippen LogP contribution in [0.15, 0.2) is 67.3 Å². The molecule has 0 saturated heterocycles. The maximum atomic E-state index is 12.1. The molecule has 6 heteroatoms.